The summed E-state index contributed by atoms with van der Waals surface area (Å²) in [6.07, 6.45) is 0. The van der Waals surface area contributed by atoms with Gasteiger partial charge in [-0.1, -0.05) is 12.1 Å². The highest BCUT2D eigenvalue weighted by molar-refractivity contribution is 5.46. The maximum atomic E-state index is 6.00. The fourth-order valence-corrected chi connectivity index (χ4v) is 2.62. The number of piperazine rings is 1. The molecule has 2 N–H and O–H groups in total. The molecule has 0 bridgehead atoms. The second kappa shape index (κ2) is 6.37. The first-order valence-electron chi connectivity index (χ1n) is 7.01. The number of hydrogen-bond acceptors (Lipinski definition) is 4. The number of rotatable bonds is 4. The molecule has 1 aliphatic heterocycles. The summed E-state index contributed by atoms with van der Waals surface area (Å²) in [4.78, 5) is 7.00. The molecule has 0 spiro atoms. The molecule has 1 unspecified atom stereocenters. The summed E-state index contributed by atoms with van der Waals surface area (Å²) in [5.74, 6) is 0. The van der Waals surface area contributed by atoms with E-state index >= 15 is 0 Å². The van der Waals surface area contributed by atoms with Crippen LogP contribution in [0.1, 0.15) is 11.6 Å². The molecule has 1 atom stereocenters. The van der Waals surface area contributed by atoms with E-state index in [4.69, 9.17) is 5.73 Å². The minimum atomic E-state index is 0.352. The molecule has 1 heterocycles. The number of hydrogen-bond donors (Lipinski definition) is 1. The first-order valence-corrected chi connectivity index (χ1v) is 7.01. The molecule has 1 aliphatic rings. The summed E-state index contributed by atoms with van der Waals surface area (Å²) >= 11 is 0. The zero-order chi connectivity index (χ0) is 13.8. The number of likely N-dealkylation sites (N-methyl/N-ethyl adjacent to an activating group) is 1. The second-order valence-corrected chi connectivity index (χ2v) is 5.58. The van der Waals surface area contributed by atoms with Crippen LogP contribution in [0.4, 0.5) is 5.69 Å². The third-order valence-electron chi connectivity index (χ3n) is 4.00. The van der Waals surface area contributed by atoms with E-state index in [1.165, 1.54) is 11.3 Å². The lowest BCUT2D eigenvalue weighted by molar-refractivity contribution is 0.114. The fourth-order valence-electron chi connectivity index (χ4n) is 2.62. The van der Waals surface area contributed by atoms with Gasteiger partial charge in [-0.05, 0) is 24.7 Å². The van der Waals surface area contributed by atoms with Crippen LogP contribution < -0.4 is 10.6 Å². The van der Waals surface area contributed by atoms with E-state index in [0.717, 1.165) is 26.2 Å². The van der Waals surface area contributed by atoms with Gasteiger partial charge in [-0.15, -0.1) is 0 Å². The summed E-state index contributed by atoms with van der Waals surface area (Å²) in [5, 5.41) is 0. The molecular formula is C15H26N4. The molecule has 0 aliphatic carbocycles. The van der Waals surface area contributed by atoms with Crippen LogP contribution in [0.3, 0.4) is 0 Å². The standard InChI is InChI=1S/C15H26N4/c1-17(2)14-6-4-13(5-7-14)15(12-16)19-10-8-18(3)9-11-19/h4-7,15H,8-12,16H2,1-3H3. The summed E-state index contributed by atoms with van der Waals surface area (Å²) in [6.45, 7) is 5.16. The van der Waals surface area contributed by atoms with E-state index in [1.807, 2.05) is 0 Å². The average Bonchev–Trinajstić information content (AvgIpc) is 2.42. The maximum absolute atomic E-state index is 6.00. The average molecular weight is 262 g/mol. The molecule has 106 valence electrons. The zero-order valence-electron chi connectivity index (χ0n) is 12.3. The van der Waals surface area contributed by atoms with Gasteiger partial charge in [0.2, 0.25) is 0 Å². The molecule has 1 aromatic carbocycles. The SMILES string of the molecule is CN1CCN(C(CN)c2ccc(N(C)C)cc2)CC1. The molecule has 1 saturated heterocycles. The van der Waals surface area contributed by atoms with Gasteiger partial charge in [0.15, 0.2) is 0 Å². The van der Waals surface area contributed by atoms with E-state index in [2.05, 4.69) is 60.1 Å². The van der Waals surface area contributed by atoms with Crippen molar-refractivity contribution in [1.82, 2.24) is 9.80 Å². The van der Waals surface area contributed by atoms with Crippen LogP contribution in [0.2, 0.25) is 0 Å². The van der Waals surface area contributed by atoms with Gasteiger partial charge >= 0.3 is 0 Å². The van der Waals surface area contributed by atoms with Crippen molar-refractivity contribution in [3.05, 3.63) is 29.8 Å². The first kappa shape index (κ1) is 14.3. The van der Waals surface area contributed by atoms with Crippen LogP contribution in [0.25, 0.3) is 0 Å². The van der Waals surface area contributed by atoms with E-state index in [0.29, 0.717) is 12.6 Å². The van der Waals surface area contributed by atoms with Crippen molar-refractivity contribution >= 4 is 5.69 Å². The lowest BCUT2D eigenvalue weighted by Gasteiger charge is -2.37. The second-order valence-electron chi connectivity index (χ2n) is 5.58. The molecule has 19 heavy (non-hydrogen) atoms. The van der Waals surface area contributed by atoms with Gasteiger partial charge in [-0.25, -0.2) is 0 Å². The van der Waals surface area contributed by atoms with Crippen LogP contribution in [0.15, 0.2) is 24.3 Å². The molecule has 0 amide bonds. The summed E-state index contributed by atoms with van der Waals surface area (Å²) in [5.41, 5.74) is 8.57. The van der Waals surface area contributed by atoms with Gasteiger partial charge in [0.05, 0.1) is 0 Å². The molecule has 0 saturated carbocycles. The third-order valence-corrected chi connectivity index (χ3v) is 4.00. The lowest BCUT2D eigenvalue weighted by Crippen LogP contribution is -2.47. The van der Waals surface area contributed by atoms with Crippen molar-refractivity contribution in [2.24, 2.45) is 5.73 Å². The van der Waals surface area contributed by atoms with Crippen molar-refractivity contribution in [3.63, 3.8) is 0 Å². The Labute approximate surface area is 116 Å². The van der Waals surface area contributed by atoms with Crippen molar-refractivity contribution in [2.45, 2.75) is 6.04 Å². The Balaban J connectivity index is 2.08. The predicted octanol–water partition coefficient (Wildman–Crippen LogP) is 1.000. The third kappa shape index (κ3) is 3.47. The Bertz CT molecular complexity index is 380. The lowest BCUT2D eigenvalue weighted by atomic mass is 10.0. The zero-order valence-corrected chi connectivity index (χ0v) is 12.3. The Morgan fingerprint density at radius 2 is 1.68 bits per heavy atom. The normalized spacial score (nSPS) is 19.4. The van der Waals surface area contributed by atoms with E-state index in [1.54, 1.807) is 0 Å². The van der Waals surface area contributed by atoms with Crippen LogP contribution in [-0.2, 0) is 0 Å². The van der Waals surface area contributed by atoms with E-state index in [-0.39, 0.29) is 0 Å². The summed E-state index contributed by atoms with van der Waals surface area (Å²) in [6, 6.07) is 9.13. The van der Waals surface area contributed by atoms with Gasteiger partial charge in [0, 0.05) is 58.5 Å². The van der Waals surface area contributed by atoms with Gasteiger partial charge in [-0.3, -0.25) is 4.90 Å². The van der Waals surface area contributed by atoms with E-state index in [9.17, 15) is 0 Å². The van der Waals surface area contributed by atoms with Crippen molar-refractivity contribution in [2.75, 3.05) is 58.8 Å². The number of anilines is 1. The number of nitrogens with two attached hydrogens (primary N) is 1. The predicted molar refractivity (Wildman–Crippen MR) is 81.6 cm³/mol. The molecule has 0 radical (unpaired) electrons. The van der Waals surface area contributed by atoms with Crippen LogP contribution in [-0.4, -0.2) is 63.7 Å². The molecular weight excluding hydrogens is 236 g/mol. The van der Waals surface area contributed by atoms with Gasteiger partial charge in [0.1, 0.15) is 0 Å². The Morgan fingerprint density at radius 1 is 1.11 bits per heavy atom. The molecule has 0 aromatic heterocycles. The van der Waals surface area contributed by atoms with Gasteiger partial charge in [-0.2, -0.15) is 0 Å². The van der Waals surface area contributed by atoms with Crippen molar-refractivity contribution in [1.29, 1.82) is 0 Å². The molecule has 1 fully saturated rings. The Hall–Kier alpha value is -1.10. The minimum absolute atomic E-state index is 0.352. The van der Waals surface area contributed by atoms with Gasteiger partial charge in [0.25, 0.3) is 0 Å². The Kier molecular flexibility index (Phi) is 4.80. The van der Waals surface area contributed by atoms with Crippen molar-refractivity contribution in [3.8, 4) is 0 Å². The highest BCUT2D eigenvalue weighted by Crippen LogP contribution is 2.23. The van der Waals surface area contributed by atoms with Crippen LogP contribution in [0, 0.1) is 0 Å². The molecule has 2 rings (SSSR count). The quantitative estimate of drug-likeness (QED) is 0.878. The first-order chi connectivity index (χ1) is 9.11. The van der Waals surface area contributed by atoms with Crippen LogP contribution >= 0.6 is 0 Å². The molecule has 4 nitrogen and oxygen atoms in total. The van der Waals surface area contributed by atoms with E-state index < -0.39 is 0 Å². The monoisotopic (exact) mass is 262 g/mol. The molecule has 1 aromatic rings. The number of benzene rings is 1. The smallest absolute Gasteiger partial charge is 0.0471 e. The number of nitrogens with zero attached hydrogens (tertiary/aromatic N) is 3. The summed E-state index contributed by atoms with van der Waals surface area (Å²) < 4.78 is 0. The largest absolute Gasteiger partial charge is 0.378 e. The summed E-state index contributed by atoms with van der Waals surface area (Å²) in [7, 11) is 6.31. The van der Waals surface area contributed by atoms with Crippen LogP contribution in [0.5, 0.6) is 0 Å². The molecule has 4 heteroatoms. The van der Waals surface area contributed by atoms with Crippen molar-refractivity contribution < 1.29 is 0 Å². The minimum Gasteiger partial charge on any atom is -0.378 e. The highest BCUT2D eigenvalue weighted by atomic mass is 15.3. The highest BCUT2D eigenvalue weighted by Gasteiger charge is 2.22. The van der Waals surface area contributed by atoms with Gasteiger partial charge < -0.3 is 15.5 Å². The Morgan fingerprint density at radius 3 is 2.16 bits per heavy atom. The topological polar surface area (TPSA) is 35.7 Å². The fraction of sp³-hybridized carbons (Fsp3) is 0.600. The maximum Gasteiger partial charge on any atom is 0.0471 e.